The lowest BCUT2D eigenvalue weighted by atomic mass is 9.83. The third kappa shape index (κ3) is 3.43. The average Bonchev–Trinajstić information content (AvgIpc) is 2.99. The van der Waals surface area contributed by atoms with E-state index in [0.29, 0.717) is 31.8 Å². The number of rotatable bonds is 4. The van der Waals surface area contributed by atoms with E-state index in [4.69, 9.17) is 5.11 Å². The van der Waals surface area contributed by atoms with E-state index in [9.17, 15) is 9.59 Å². The molecule has 2 aliphatic rings. The van der Waals surface area contributed by atoms with Crippen molar-refractivity contribution in [3.05, 3.63) is 21.9 Å². The lowest BCUT2D eigenvalue weighted by Gasteiger charge is -2.47. The van der Waals surface area contributed by atoms with Gasteiger partial charge in [-0.15, -0.1) is 11.3 Å². The van der Waals surface area contributed by atoms with Gasteiger partial charge in [-0.2, -0.15) is 0 Å². The number of likely N-dealkylation sites (tertiary alicyclic amines) is 2. The van der Waals surface area contributed by atoms with E-state index in [2.05, 4.69) is 0 Å². The number of thiophene rings is 1. The molecule has 2 fully saturated rings. The average molecular weight is 336 g/mol. The molecule has 0 aromatic carbocycles. The highest BCUT2D eigenvalue weighted by atomic mass is 32.1. The fraction of sp³-hybridized carbons (Fsp3) is 0.647. The Morgan fingerprint density at radius 1 is 1.39 bits per heavy atom. The quantitative estimate of drug-likeness (QED) is 0.913. The van der Waals surface area contributed by atoms with E-state index in [0.717, 1.165) is 29.1 Å². The molecule has 0 radical (unpaired) electrons. The third-order valence-corrected chi connectivity index (χ3v) is 5.93. The summed E-state index contributed by atoms with van der Waals surface area (Å²) in [5, 5.41) is 9.03. The minimum Gasteiger partial charge on any atom is -0.396 e. The Bertz CT molecular complexity index is 586. The van der Waals surface area contributed by atoms with Gasteiger partial charge in [0.25, 0.3) is 5.91 Å². The van der Waals surface area contributed by atoms with E-state index >= 15 is 0 Å². The molecular formula is C17H24N2O3S. The van der Waals surface area contributed by atoms with Crippen molar-refractivity contribution in [2.75, 3.05) is 26.2 Å². The van der Waals surface area contributed by atoms with Crippen molar-refractivity contribution < 1.29 is 14.7 Å². The van der Waals surface area contributed by atoms with E-state index in [1.807, 2.05) is 28.9 Å². The standard InChI is InChI=1S/C17H24N2O3S/c1-12-3-5-15(23-12)17(22)18-9-7-14-13(11-18)4-6-16(21)19(14)8-2-10-20/h3,5,13-14,20H,2,4,6-11H2,1H3/t13-,14+/m0/s1. The predicted molar refractivity (Wildman–Crippen MR) is 89.5 cm³/mol. The van der Waals surface area contributed by atoms with Crippen molar-refractivity contribution in [1.29, 1.82) is 0 Å². The second kappa shape index (κ2) is 7.01. The zero-order chi connectivity index (χ0) is 16.4. The summed E-state index contributed by atoms with van der Waals surface area (Å²) in [5.74, 6) is 0.693. The zero-order valence-corrected chi connectivity index (χ0v) is 14.3. The molecule has 0 spiro atoms. The van der Waals surface area contributed by atoms with Gasteiger partial charge in [0.1, 0.15) is 0 Å². The molecule has 2 saturated heterocycles. The monoisotopic (exact) mass is 336 g/mol. The van der Waals surface area contributed by atoms with E-state index in [-0.39, 0.29) is 24.5 Å². The van der Waals surface area contributed by atoms with Crippen molar-refractivity contribution in [1.82, 2.24) is 9.80 Å². The fourth-order valence-corrected chi connectivity index (χ4v) is 4.61. The smallest absolute Gasteiger partial charge is 0.263 e. The van der Waals surface area contributed by atoms with Crippen molar-refractivity contribution in [3.8, 4) is 0 Å². The number of amides is 2. The van der Waals surface area contributed by atoms with Crippen LogP contribution in [-0.2, 0) is 4.79 Å². The van der Waals surface area contributed by atoms with Crippen molar-refractivity contribution in [2.45, 2.75) is 38.6 Å². The summed E-state index contributed by atoms with van der Waals surface area (Å²) < 4.78 is 0. The highest BCUT2D eigenvalue weighted by Crippen LogP contribution is 2.32. The summed E-state index contributed by atoms with van der Waals surface area (Å²) in [6.45, 7) is 4.21. The topological polar surface area (TPSA) is 60.9 Å². The van der Waals surface area contributed by atoms with Crippen LogP contribution in [0.15, 0.2) is 12.1 Å². The number of fused-ring (bicyclic) bond motifs is 1. The SMILES string of the molecule is Cc1ccc(C(=O)N2CC[C@@H]3[C@@H](CCC(=O)N3CCCO)C2)s1. The molecule has 3 heterocycles. The van der Waals surface area contributed by atoms with Gasteiger partial charge >= 0.3 is 0 Å². The molecule has 2 atom stereocenters. The molecule has 3 rings (SSSR count). The van der Waals surface area contributed by atoms with Crippen LogP contribution in [0.2, 0.25) is 0 Å². The maximum atomic E-state index is 12.6. The van der Waals surface area contributed by atoms with E-state index < -0.39 is 0 Å². The Morgan fingerprint density at radius 2 is 2.22 bits per heavy atom. The molecule has 6 heteroatoms. The summed E-state index contributed by atoms with van der Waals surface area (Å²) in [7, 11) is 0. The van der Waals surface area contributed by atoms with Crippen LogP contribution in [0.5, 0.6) is 0 Å². The summed E-state index contributed by atoms with van der Waals surface area (Å²) in [4.78, 5) is 30.6. The first-order chi connectivity index (χ1) is 11.1. The lowest BCUT2D eigenvalue weighted by molar-refractivity contribution is -0.140. The van der Waals surface area contributed by atoms with Gasteiger partial charge in [-0.05, 0) is 44.2 Å². The first kappa shape index (κ1) is 16.5. The molecule has 2 amide bonds. The number of hydrogen-bond acceptors (Lipinski definition) is 4. The zero-order valence-electron chi connectivity index (χ0n) is 13.5. The third-order valence-electron chi connectivity index (χ3n) is 4.94. The molecule has 0 bridgehead atoms. The minimum absolute atomic E-state index is 0.115. The van der Waals surface area contributed by atoms with Gasteiger partial charge in [0.05, 0.1) is 4.88 Å². The molecule has 1 aromatic rings. The van der Waals surface area contributed by atoms with E-state index in [1.165, 1.54) is 0 Å². The highest BCUT2D eigenvalue weighted by molar-refractivity contribution is 7.13. The van der Waals surface area contributed by atoms with Crippen LogP contribution < -0.4 is 0 Å². The minimum atomic E-state index is 0.115. The molecule has 23 heavy (non-hydrogen) atoms. The largest absolute Gasteiger partial charge is 0.396 e. The summed E-state index contributed by atoms with van der Waals surface area (Å²) in [6, 6.07) is 4.13. The van der Waals surface area contributed by atoms with Crippen LogP contribution in [0.3, 0.4) is 0 Å². The molecule has 2 aliphatic heterocycles. The summed E-state index contributed by atoms with van der Waals surface area (Å²) in [5.41, 5.74) is 0. The lowest BCUT2D eigenvalue weighted by Crippen LogP contribution is -2.57. The molecule has 0 unspecified atom stereocenters. The summed E-state index contributed by atoms with van der Waals surface area (Å²) >= 11 is 1.55. The molecule has 126 valence electrons. The van der Waals surface area contributed by atoms with Gasteiger partial charge in [-0.3, -0.25) is 9.59 Å². The fourth-order valence-electron chi connectivity index (χ4n) is 3.77. The van der Waals surface area contributed by atoms with Crippen LogP contribution >= 0.6 is 11.3 Å². The number of aryl methyl sites for hydroxylation is 1. The number of piperidine rings is 2. The van der Waals surface area contributed by atoms with Gasteiger partial charge < -0.3 is 14.9 Å². The van der Waals surface area contributed by atoms with Crippen LogP contribution in [-0.4, -0.2) is 59.0 Å². The second-order valence-electron chi connectivity index (χ2n) is 6.48. The summed E-state index contributed by atoms with van der Waals surface area (Å²) in [6.07, 6.45) is 2.91. The molecule has 0 aliphatic carbocycles. The van der Waals surface area contributed by atoms with Gasteiger partial charge in [0, 0.05) is 43.6 Å². The highest BCUT2D eigenvalue weighted by Gasteiger charge is 2.40. The molecular weight excluding hydrogens is 312 g/mol. The number of aliphatic hydroxyl groups excluding tert-OH is 1. The Balaban J connectivity index is 1.66. The number of aliphatic hydroxyl groups is 1. The first-order valence-corrected chi connectivity index (χ1v) is 9.18. The van der Waals surface area contributed by atoms with Crippen LogP contribution in [0.1, 0.15) is 40.2 Å². The van der Waals surface area contributed by atoms with Gasteiger partial charge in [-0.25, -0.2) is 0 Å². The Hall–Kier alpha value is -1.40. The Labute approximate surface area is 140 Å². The first-order valence-electron chi connectivity index (χ1n) is 8.36. The second-order valence-corrected chi connectivity index (χ2v) is 7.77. The van der Waals surface area contributed by atoms with Crippen LogP contribution in [0.25, 0.3) is 0 Å². The number of carbonyl (C=O) groups excluding carboxylic acids is 2. The van der Waals surface area contributed by atoms with Gasteiger partial charge in [0.15, 0.2) is 0 Å². The maximum Gasteiger partial charge on any atom is 0.263 e. The van der Waals surface area contributed by atoms with Crippen LogP contribution in [0, 0.1) is 12.8 Å². The van der Waals surface area contributed by atoms with Crippen LogP contribution in [0.4, 0.5) is 0 Å². The number of nitrogens with zero attached hydrogens (tertiary/aromatic N) is 2. The Kier molecular flexibility index (Phi) is 5.02. The number of carbonyl (C=O) groups is 2. The van der Waals surface area contributed by atoms with E-state index in [1.54, 1.807) is 11.3 Å². The maximum absolute atomic E-state index is 12.6. The normalized spacial score (nSPS) is 24.7. The van der Waals surface area contributed by atoms with Gasteiger partial charge in [-0.1, -0.05) is 0 Å². The van der Waals surface area contributed by atoms with Crippen molar-refractivity contribution in [3.63, 3.8) is 0 Å². The molecule has 1 aromatic heterocycles. The number of hydrogen-bond donors (Lipinski definition) is 1. The van der Waals surface area contributed by atoms with Gasteiger partial charge in [0.2, 0.25) is 5.91 Å². The predicted octanol–water partition coefficient (Wildman–Crippen LogP) is 1.89. The van der Waals surface area contributed by atoms with Crippen molar-refractivity contribution >= 4 is 23.2 Å². The molecule has 1 N–H and O–H groups in total. The Morgan fingerprint density at radius 3 is 2.91 bits per heavy atom. The molecule has 5 nitrogen and oxygen atoms in total. The molecule has 0 saturated carbocycles. The van der Waals surface area contributed by atoms with Crippen molar-refractivity contribution in [2.24, 2.45) is 5.92 Å².